The van der Waals surface area contributed by atoms with Gasteiger partial charge in [-0.05, 0) is 42.7 Å². The van der Waals surface area contributed by atoms with E-state index in [0.29, 0.717) is 24.0 Å². The molecular formula is C22H21ClN4O2. The molecule has 6 nitrogen and oxygen atoms in total. The lowest BCUT2D eigenvalue weighted by molar-refractivity contribution is -0.116. The van der Waals surface area contributed by atoms with Gasteiger partial charge in [0.25, 0.3) is 0 Å². The van der Waals surface area contributed by atoms with E-state index in [-0.39, 0.29) is 11.6 Å². The van der Waals surface area contributed by atoms with Crippen LogP contribution in [-0.2, 0) is 11.3 Å². The van der Waals surface area contributed by atoms with Crippen molar-refractivity contribution in [3.63, 3.8) is 0 Å². The van der Waals surface area contributed by atoms with Crippen molar-refractivity contribution in [1.82, 2.24) is 19.7 Å². The summed E-state index contributed by atoms with van der Waals surface area (Å²) < 4.78 is 3.11. The second-order valence-corrected chi connectivity index (χ2v) is 7.36. The molecule has 0 atom stereocenters. The van der Waals surface area contributed by atoms with E-state index in [1.165, 1.54) is 10.8 Å². The first kappa shape index (κ1) is 19.2. The topological polar surface area (TPSA) is 68.9 Å². The van der Waals surface area contributed by atoms with Crippen molar-refractivity contribution in [2.45, 2.75) is 25.3 Å². The Bertz CT molecular complexity index is 1100. The maximum atomic E-state index is 12.9. The van der Waals surface area contributed by atoms with Crippen molar-refractivity contribution in [3.05, 3.63) is 87.6 Å². The average Bonchev–Trinajstić information content (AvgIpc) is 3.52. The van der Waals surface area contributed by atoms with Crippen LogP contribution in [0.5, 0.6) is 0 Å². The fourth-order valence-corrected chi connectivity index (χ4v) is 3.31. The van der Waals surface area contributed by atoms with Crippen molar-refractivity contribution < 1.29 is 4.79 Å². The van der Waals surface area contributed by atoms with Gasteiger partial charge in [-0.15, -0.1) is 0 Å². The number of amides is 1. The first-order valence-corrected chi connectivity index (χ1v) is 9.97. The van der Waals surface area contributed by atoms with E-state index in [0.717, 1.165) is 29.9 Å². The predicted octanol–water partition coefficient (Wildman–Crippen LogP) is 3.39. The van der Waals surface area contributed by atoms with Crippen LogP contribution in [0.25, 0.3) is 11.8 Å². The van der Waals surface area contributed by atoms with Gasteiger partial charge in [0.15, 0.2) is 0 Å². The summed E-state index contributed by atoms with van der Waals surface area (Å²) in [5, 5.41) is 7.90. The number of rotatable bonds is 7. The lowest BCUT2D eigenvalue weighted by Gasteiger charge is -2.03. The second-order valence-electron chi connectivity index (χ2n) is 6.96. The van der Waals surface area contributed by atoms with Crippen LogP contribution in [0.15, 0.2) is 65.5 Å². The van der Waals surface area contributed by atoms with Crippen LogP contribution in [0.2, 0.25) is 5.02 Å². The minimum absolute atomic E-state index is 0.182. The van der Waals surface area contributed by atoms with Crippen LogP contribution >= 0.6 is 11.6 Å². The van der Waals surface area contributed by atoms with Gasteiger partial charge in [0.1, 0.15) is 5.82 Å². The predicted molar refractivity (Wildman–Crippen MR) is 113 cm³/mol. The SMILES string of the molecule is O=C(/C=C/c1ccccc1Cl)NCCn1nc(C2CC2)n(-c2ccccc2)c1=O. The maximum Gasteiger partial charge on any atom is 0.350 e. The number of nitrogens with one attached hydrogen (secondary N) is 1. The molecule has 0 bridgehead atoms. The highest BCUT2D eigenvalue weighted by Gasteiger charge is 2.31. The van der Waals surface area contributed by atoms with Gasteiger partial charge < -0.3 is 5.32 Å². The first-order valence-electron chi connectivity index (χ1n) is 9.59. The number of hydrogen-bond acceptors (Lipinski definition) is 3. The van der Waals surface area contributed by atoms with Crippen molar-refractivity contribution in [1.29, 1.82) is 0 Å². The minimum atomic E-state index is -0.247. The third-order valence-corrected chi connectivity index (χ3v) is 5.11. The Balaban J connectivity index is 1.42. The number of halogens is 1. The third kappa shape index (κ3) is 4.49. The molecule has 1 aromatic heterocycles. The van der Waals surface area contributed by atoms with Gasteiger partial charge in [-0.1, -0.05) is 48.0 Å². The average molecular weight is 409 g/mol. The molecule has 1 fully saturated rings. The molecule has 2 aromatic carbocycles. The molecular weight excluding hydrogens is 388 g/mol. The van der Waals surface area contributed by atoms with E-state index >= 15 is 0 Å². The van der Waals surface area contributed by atoms with Crippen LogP contribution < -0.4 is 11.0 Å². The lowest BCUT2D eigenvalue weighted by atomic mass is 10.2. The molecule has 1 aliphatic rings. The molecule has 148 valence electrons. The Labute approximate surface area is 173 Å². The number of nitrogens with zero attached hydrogens (tertiary/aromatic N) is 3. The molecule has 3 aromatic rings. The molecule has 1 saturated carbocycles. The fourth-order valence-electron chi connectivity index (χ4n) is 3.12. The second kappa shape index (κ2) is 8.49. The first-order chi connectivity index (χ1) is 14.1. The van der Waals surface area contributed by atoms with Crippen molar-refractivity contribution >= 4 is 23.6 Å². The molecule has 1 aliphatic carbocycles. The van der Waals surface area contributed by atoms with Gasteiger partial charge >= 0.3 is 5.69 Å². The highest BCUT2D eigenvalue weighted by atomic mass is 35.5. The van der Waals surface area contributed by atoms with Gasteiger partial charge in [0, 0.05) is 23.6 Å². The molecule has 0 saturated heterocycles. The quantitative estimate of drug-likeness (QED) is 0.609. The zero-order valence-corrected chi connectivity index (χ0v) is 16.5. The summed E-state index contributed by atoms with van der Waals surface area (Å²) in [6.45, 7) is 0.617. The molecule has 1 heterocycles. The van der Waals surface area contributed by atoms with Gasteiger partial charge in [0.05, 0.1) is 12.2 Å². The van der Waals surface area contributed by atoms with Crippen LogP contribution in [-0.4, -0.2) is 26.8 Å². The largest absolute Gasteiger partial charge is 0.351 e. The van der Waals surface area contributed by atoms with E-state index in [9.17, 15) is 9.59 Å². The minimum Gasteiger partial charge on any atom is -0.351 e. The number of hydrogen-bond donors (Lipinski definition) is 1. The van der Waals surface area contributed by atoms with Crippen LogP contribution in [0, 0.1) is 0 Å². The molecule has 1 amide bonds. The Kier molecular flexibility index (Phi) is 5.62. The standard InChI is InChI=1S/C22H21ClN4O2/c23-19-9-5-4-6-16(19)12-13-20(28)24-14-15-26-22(29)27(18-7-2-1-3-8-18)21(25-26)17-10-11-17/h1-9,12-13,17H,10-11,14-15H2,(H,24,28)/b13-12+. The van der Waals surface area contributed by atoms with Gasteiger partial charge in [-0.25, -0.2) is 14.0 Å². The molecule has 0 unspecified atom stereocenters. The Morgan fingerprint density at radius 2 is 1.86 bits per heavy atom. The highest BCUT2D eigenvalue weighted by molar-refractivity contribution is 6.32. The number of aromatic nitrogens is 3. The Morgan fingerprint density at radius 1 is 1.14 bits per heavy atom. The van der Waals surface area contributed by atoms with Crippen LogP contribution in [0.3, 0.4) is 0 Å². The molecule has 29 heavy (non-hydrogen) atoms. The smallest absolute Gasteiger partial charge is 0.350 e. The summed E-state index contributed by atoms with van der Waals surface area (Å²) in [6, 6.07) is 16.8. The summed E-state index contributed by atoms with van der Waals surface area (Å²) in [5.74, 6) is 0.881. The van der Waals surface area contributed by atoms with Gasteiger partial charge in [0.2, 0.25) is 5.91 Å². The summed E-state index contributed by atoms with van der Waals surface area (Å²) in [6.07, 6.45) is 5.20. The van der Waals surface area contributed by atoms with E-state index in [1.807, 2.05) is 48.5 Å². The normalized spacial score (nSPS) is 13.7. The van der Waals surface area contributed by atoms with Crippen LogP contribution in [0.1, 0.15) is 30.1 Å². The fraction of sp³-hybridized carbons (Fsp3) is 0.227. The van der Waals surface area contributed by atoms with Gasteiger partial charge in [-0.3, -0.25) is 4.79 Å². The molecule has 0 aliphatic heterocycles. The number of benzene rings is 2. The number of carbonyl (C=O) groups excluding carboxylic acids is 1. The van der Waals surface area contributed by atoms with Crippen molar-refractivity contribution in [2.75, 3.05) is 6.54 Å². The van der Waals surface area contributed by atoms with Gasteiger partial charge in [-0.2, -0.15) is 5.10 Å². The summed E-state index contributed by atoms with van der Waals surface area (Å²) in [4.78, 5) is 24.9. The number of carbonyl (C=O) groups is 1. The zero-order valence-electron chi connectivity index (χ0n) is 15.8. The zero-order chi connectivity index (χ0) is 20.2. The van der Waals surface area contributed by atoms with Crippen molar-refractivity contribution in [3.8, 4) is 5.69 Å². The molecule has 4 rings (SSSR count). The van der Waals surface area contributed by atoms with E-state index in [2.05, 4.69) is 10.4 Å². The summed E-state index contributed by atoms with van der Waals surface area (Å²) >= 11 is 6.08. The Hall–Kier alpha value is -3.12. The molecule has 0 radical (unpaired) electrons. The van der Waals surface area contributed by atoms with Crippen molar-refractivity contribution in [2.24, 2.45) is 0 Å². The van der Waals surface area contributed by atoms with E-state index in [1.54, 1.807) is 16.7 Å². The number of para-hydroxylation sites is 1. The lowest BCUT2D eigenvalue weighted by Crippen LogP contribution is -2.31. The molecule has 7 heteroatoms. The molecule has 1 N–H and O–H groups in total. The van der Waals surface area contributed by atoms with Crippen LogP contribution in [0.4, 0.5) is 0 Å². The maximum absolute atomic E-state index is 12.9. The molecule has 0 spiro atoms. The third-order valence-electron chi connectivity index (χ3n) is 4.76. The highest BCUT2D eigenvalue weighted by Crippen LogP contribution is 2.39. The monoisotopic (exact) mass is 408 g/mol. The summed E-state index contributed by atoms with van der Waals surface area (Å²) in [5.41, 5.74) is 1.41. The van der Waals surface area contributed by atoms with E-state index < -0.39 is 0 Å². The Morgan fingerprint density at radius 3 is 2.59 bits per heavy atom. The van der Waals surface area contributed by atoms with E-state index in [4.69, 9.17) is 11.6 Å². The summed E-state index contributed by atoms with van der Waals surface area (Å²) in [7, 11) is 0.